The second-order valence-corrected chi connectivity index (χ2v) is 6.14. The summed E-state index contributed by atoms with van der Waals surface area (Å²) in [5.74, 6) is 1.36. The normalized spacial score (nSPS) is 19.5. The topological polar surface area (TPSA) is 70.6 Å². The van der Waals surface area contributed by atoms with Gasteiger partial charge in [0.15, 0.2) is 0 Å². The van der Waals surface area contributed by atoms with Crippen LogP contribution in [0, 0.1) is 5.92 Å². The van der Waals surface area contributed by atoms with Gasteiger partial charge in [-0.15, -0.1) is 0 Å². The first-order valence-electron chi connectivity index (χ1n) is 7.64. The zero-order valence-electron chi connectivity index (χ0n) is 12.1. The van der Waals surface area contributed by atoms with Gasteiger partial charge >= 0.3 is 6.03 Å². The monoisotopic (exact) mass is 290 g/mol. The number of hydrogen-bond donors (Lipinski definition) is 3. The minimum atomic E-state index is -0.709. The van der Waals surface area contributed by atoms with Crippen LogP contribution in [0.15, 0.2) is 24.3 Å². The van der Waals surface area contributed by atoms with E-state index >= 15 is 0 Å². The molecule has 2 fully saturated rings. The standard InChI is InChI=1S/C16H22N2O3/c19-15(17-11-16(20)8-3-9-16)18-13-4-1-2-5-14(13)21-10-12-6-7-12/h1-2,4-5,12,20H,3,6-11H2,(H2,17,18,19). The molecule has 0 radical (unpaired) electrons. The van der Waals surface area contributed by atoms with E-state index in [9.17, 15) is 9.90 Å². The Balaban J connectivity index is 1.51. The number of ether oxygens (including phenoxy) is 1. The van der Waals surface area contributed by atoms with Gasteiger partial charge in [-0.25, -0.2) is 4.79 Å². The summed E-state index contributed by atoms with van der Waals surface area (Å²) in [6, 6.07) is 7.12. The van der Waals surface area contributed by atoms with E-state index in [1.807, 2.05) is 24.3 Å². The van der Waals surface area contributed by atoms with E-state index in [1.165, 1.54) is 12.8 Å². The zero-order valence-corrected chi connectivity index (χ0v) is 12.1. The van der Waals surface area contributed by atoms with Gasteiger partial charge in [-0.3, -0.25) is 0 Å². The number of hydrogen-bond acceptors (Lipinski definition) is 3. The van der Waals surface area contributed by atoms with E-state index < -0.39 is 5.60 Å². The van der Waals surface area contributed by atoms with Crippen LogP contribution in [0.1, 0.15) is 32.1 Å². The van der Waals surface area contributed by atoms with Gasteiger partial charge in [0.2, 0.25) is 0 Å². The summed E-state index contributed by atoms with van der Waals surface area (Å²) in [5, 5.41) is 15.5. The molecule has 2 saturated carbocycles. The van der Waals surface area contributed by atoms with Crippen LogP contribution in [-0.4, -0.2) is 29.9 Å². The van der Waals surface area contributed by atoms with Gasteiger partial charge < -0.3 is 20.5 Å². The number of urea groups is 1. The van der Waals surface area contributed by atoms with Gasteiger partial charge in [0, 0.05) is 6.54 Å². The third kappa shape index (κ3) is 3.88. The van der Waals surface area contributed by atoms with Gasteiger partial charge in [0.05, 0.1) is 17.9 Å². The van der Waals surface area contributed by atoms with Crippen molar-refractivity contribution in [1.29, 1.82) is 0 Å². The van der Waals surface area contributed by atoms with Crippen molar-refractivity contribution in [1.82, 2.24) is 5.32 Å². The molecule has 0 heterocycles. The molecule has 0 saturated heterocycles. The smallest absolute Gasteiger partial charge is 0.319 e. The van der Waals surface area contributed by atoms with Crippen molar-refractivity contribution in [3.05, 3.63) is 24.3 Å². The van der Waals surface area contributed by atoms with E-state index in [2.05, 4.69) is 10.6 Å². The van der Waals surface area contributed by atoms with Crippen molar-refractivity contribution in [2.75, 3.05) is 18.5 Å². The first-order valence-corrected chi connectivity index (χ1v) is 7.64. The molecule has 3 N–H and O–H groups in total. The minimum absolute atomic E-state index is 0.296. The molecule has 5 heteroatoms. The van der Waals surface area contributed by atoms with E-state index in [4.69, 9.17) is 4.74 Å². The molecule has 0 aliphatic heterocycles. The molecule has 2 amide bonds. The molecule has 21 heavy (non-hydrogen) atoms. The predicted octanol–water partition coefficient (Wildman–Crippen LogP) is 2.51. The SMILES string of the molecule is O=C(NCC1(O)CCC1)Nc1ccccc1OCC1CC1. The maximum atomic E-state index is 11.9. The van der Waals surface area contributed by atoms with Crippen LogP contribution in [-0.2, 0) is 0 Å². The molecule has 114 valence electrons. The van der Waals surface area contributed by atoms with Crippen LogP contribution < -0.4 is 15.4 Å². The molecule has 3 rings (SSSR count). The van der Waals surface area contributed by atoms with Gasteiger partial charge in [-0.1, -0.05) is 12.1 Å². The van der Waals surface area contributed by atoms with Crippen LogP contribution in [0.2, 0.25) is 0 Å². The second kappa shape index (κ2) is 5.93. The average Bonchev–Trinajstić information content (AvgIpc) is 3.26. The van der Waals surface area contributed by atoms with Crippen molar-refractivity contribution in [3.8, 4) is 5.75 Å². The predicted molar refractivity (Wildman–Crippen MR) is 80.5 cm³/mol. The quantitative estimate of drug-likeness (QED) is 0.754. The molecule has 2 aliphatic rings. The molecule has 0 unspecified atom stereocenters. The Morgan fingerprint density at radius 2 is 2.10 bits per heavy atom. The number of anilines is 1. The Bertz CT molecular complexity index is 510. The summed E-state index contributed by atoms with van der Waals surface area (Å²) in [5.41, 5.74) is -0.0458. The zero-order chi connectivity index (χ0) is 14.7. The van der Waals surface area contributed by atoms with Gasteiger partial charge in [0.1, 0.15) is 5.75 Å². The molecular formula is C16H22N2O3. The summed E-state index contributed by atoms with van der Waals surface area (Å²) in [4.78, 5) is 11.9. The third-order valence-electron chi connectivity index (χ3n) is 4.17. The minimum Gasteiger partial charge on any atom is -0.491 e. The molecule has 0 aromatic heterocycles. The van der Waals surface area contributed by atoms with E-state index in [1.54, 1.807) is 0 Å². The molecule has 5 nitrogen and oxygen atoms in total. The number of aliphatic hydroxyl groups is 1. The molecule has 0 atom stereocenters. The summed E-state index contributed by atoms with van der Waals surface area (Å²) in [6.07, 6.45) is 5.00. The number of nitrogens with one attached hydrogen (secondary N) is 2. The first kappa shape index (κ1) is 14.2. The Morgan fingerprint density at radius 1 is 1.33 bits per heavy atom. The van der Waals surface area contributed by atoms with Crippen LogP contribution in [0.4, 0.5) is 10.5 Å². The Morgan fingerprint density at radius 3 is 2.76 bits per heavy atom. The highest BCUT2D eigenvalue weighted by atomic mass is 16.5. The summed E-state index contributed by atoms with van der Waals surface area (Å²) >= 11 is 0. The average molecular weight is 290 g/mol. The Hall–Kier alpha value is -1.75. The lowest BCUT2D eigenvalue weighted by Crippen LogP contribution is -2.48. The number of benzene rings is 1. The van der Waals surface area contributed by atoms with Crippen molar-refractivity contribution in [3.63, 3.8) is 0 Å². The van der Waals surface area contributed by atoms with E-state index in [0.29, 0.717) is 30.5 Å². The van der Waals surface area contributed by atoms with Gasteiger partial charge in [-0.05, 0) is 50.2 Å². The summed E-state index contributed by atoms with van der Waals surface area (Å²) < 4.78 is 5.75. The maximum absolute atomic E-state index is 11.9. The highest BCUT2D eigenvalue weighted by molar-refractivity contribution is 5.90. The largest absolute Gasteiger partial charge is 0.491 e. The maximum Gasteiger partial charge on any atom is 0.319 e. The second-order valence-electron chi connectivity index (χ2n) is 6.14. The lowest BCUT2D eigenvalue weighted by Gasteiger charge is -2.36. The fourth-order valence-corrected chi connectivity index (χ4v) is 2.36. The highest BCUT2D eigenvalue weighted by Gasteiger charge is 2.34. The lowest BCUT2D eigenvalue weighted by molar-refractivity contribution is -0.0287. The highest BCUT2D eigenvalue weighted by Crippen LogP contribution is 2.32. The molecule has 1 aromatic rings. The van der Waals surface area contributed by atoms with Crippen molar-refractivity contribution in [2.45, 2.75) is 37.7 Å². The molecule has 1 aromatic carbocycles. The number of carbonyl (C=O) groups is 1. The number of rotatable bonds is 6. The van der Waals surface area contributed by atoms with Gasteiger partial charge in [0.25, 0.3) is 0 Å². The van der Waals surface area contributed by atoms with Crippen LogP contribution >= 0.6 is 0 Å². The Kier molecular flexibility index (Phi) is 4.01. The fourth-order valence-electron chi connectivity index (χ4n) is 2.36. The number of amides is 2. The Labute approximate surface area is 124 Å². The molecule has 2 aliphatic carbocycles. The fraction of sp³-hybridized carbons (Fsp3) is 0.562. The first-order chi connectivity index (χ1) is 10.1. The van der Waals surface area contributed by atoms with Gasteiger partial charge in [-0.2, -0.15) is 0 Å². The third-order valence-corrected chi connectivity index (χ3v) is 4.17. The van der Waals surface area contributed by atoms with Crippen molar-refractivity contribution < 1.29 is 14.6 Å². The van der Waals surface area contributed by atoms with Crippen molar-refractivity contribution >= 4 is 11.7 Å². The number of para-hydroxylation sites is 2. The van der Waals surface area contributed by atoms with Crippen molar-refractivity contribution in [2.24, 2.45) is 5.92 Å². The molecule has 0 bridgehead atoms. The van der Waals surface area contributed by atoms with Crippen LogP contribution in [0.25, 0.3) is 0 Å². The van der Waals surface area contributed by atoms with E-state index in [0.717, 1.165) is 19.3 Å². The summed E-state index contributed by atoms with van der Waals surface area (Å²) in [6.45, 7) is 1.00. The van der Waals surface area contributed by atoms with Crippen LogP contribution in [0.5, 0.6) is 5.75 Å². The molecular weight excluding hydrogens is 268 g/mol. The van der Waals surface area contributed by atoms with Crippen LogP contribution in [0.3, 0.4) is 0 Å². The van der Waals surface area contributed by atoms with E-state index in [-0.39, 0.29) is 6.03 Å². The lowest BCUT2D eigenvalue weighted by atomic mass is 9.80. The molecule has 0 spiro atoms. The summed E-state index contributed by atoms with van der Waals surface area (Å²) in [7, 11) is 0. The number of carbonyl (C=O) groups excluding carboxylic acids is 1.